The van der Waals surface area contributed by atoms with E-state index in [1.165, 1.54) is 12.8 Å². The van der Waals surface area contributed by atoms with E-state index in [9.17, 15) is 4.79 Å². The monoisotopic (exact) mass is 305 g/mol. The number of imidazole rings is 1. The van der Waals surface area contributed by atoms with Gasteiger partial charge in [0.05, 0.1) is 30.9 Å². The first-order valence-electron chi connectivity index (χ1n) is 8.32. The number of rotatable bonds is 5. The summed E-state index contributed by atoms with van der Waals surface area (Å²) in [5, 5.41) is 0. The molecule has 120 valence electrons. The first kappa shape index (κ1) is 14.2. The molecule has 1 aromatic rings. The Morgan fingerprint density at radius 3 is 3.05 bits per heavy atom. The van der Waals surface area contributed by atoms with Gasteiger partial charge < -0.3 is 18.9 Å². The smallest absolute Gasteiger partial charge is 0.252 e. The van der Waals surface area contributed by atoms with E-state index in [4.69, 9.17) is 9.47 Å². The zero-order valence-electron chi connectivity index (χ0n) is 12.9. The van der Waals surface area contributed by atoms with Crippen molar-refractivity contribution in [3.63, 3.8) is 0 Å². The summed E-state index contributed by atoms with van der Waals surface area (Å²) in [7, 11) is 0. The van der Waals surface area contributed by atoms with E-state index in [1.54, 1.807) is 0 Å². The summed E-state index contributed by atoms with van der Waals surface area (Å²) in [6.45, 7) is 4.28. The minimum atomic E-state index is -0.232. The lowest BCUT2D eigenvalue weighted by Gasteiger charge is -2.30. The predicted octanol–water partition coefficient (Wildman–Crippen LogP) is 1.33. The molecule has 3 aliphatic rings. The fourth-order valence-corrected chi connectivity index (χ4v) is 3.20. The second-order valence-electron chi connectivity index (χ2n) is 6.55. The van der Waals surface area contributed by atoms with E-state index in [2.05, 4.69) is 9.55 Å². The Hall–Kier alpha value is -1.40. The molecule has 3 heterocycles. The van der Waals surface area contributed by atoms with Gasteiger partial charge in [-0.2, -0.15) is 0 Å². The van der Waals surface area contributed by atoms with Crippen molar-refractivity contribution in [3.8, 4) is 0 Å². The van der Waals surface area contributed by atoms with Crippen LogP contribution < -0.4 is 0 Å². The largest absolute Gasteiger partial charge is 0.375 e. The molecule has 0 bridgehead atoms. The van der Waals surface area contributed by atoms with Crippen LogP contribution in [-0.2, 0) is 34.0 Å². The topological polar surface area (TPSA) is 56.6 Å². The summed E-state index contributed by atoms with van der Waals surface area (Å²) in [6.07, 6.45) is 6.08. The Labute approximate surface area is 130 Å². The van der Waals surface area contributed by atoms with Gasteiger partial charge in [-0.1, -0.05) is 0 Å². The molecule has 0 aromatic carbocycles. The van der Waals surface area contributed by atoms with Gasteiger partial charge in [0.2, 0.25) is 0 Å². The summed E-state index contributed by atoms with van der Waals surface area (Å²) in [5.74, 6) is 0.894. The number of amides is 1. The average Bonchev–Trinajstić information content (AvgIpc) is 3.05. The molecule has 0 unspecified atom stereocenters. The number of ether oxygens (including phenoxy) is 2. The van der Waals surface area contributed by atoms with Crippen molar-refractivity contribution in [2.75, 3.05) is 19.8 Å². The van der Waals surface area contributed by atoms with E-state index in [0.717, 1.165) is 49.8 Å². The van der Waals surface area contributed by atoms with Crippen LogP contribution in [0.1, 0.15) is 37.1 Å². The van der Waals surface area contributed by atoms with E-state index >= 15 is 0 Å². The molecule has 22 heavy (non-hydrogen) atoms. The maximum Gasteiger partial charge on any atom is 0.252 e. The number of carbonyl (C=O) groups is 1. The van der Waals surface area contributed by atoms with Crippen molar-refractivity contribution in [2.45, 2.75) is 51.5 Å². The van der Waals surface area contributed by atoms with E-state index in [-0.39, 0.29) is 12.0 Å². The Balaban J connectivity index is 1.39. The number of nitrogens with zero attached hydrogens (tertiary/aromatic N) is 3. The number of fused-ring (bicyclic) bond motifs is 1. The summed E-state index contributed by atoms with van der Waals surface area (Å²) in [6, 6.07) is 0. The molecule has 0 N–H and O–H groups in total. The van der Waals surface area contributed by atoms with Gasteiger partial charge in [0.1, 0.15) is 6.10 Å². The fraction of sp³-hybridized carbons (Fsp3) is 0.750. The summed E-state index contributed by atoms with van der Waals surface area (Å²) >= 11 is 0. The van der Waals surface area contributed by atoms with Gasteiger partial charge in [0.25, 0.3) is 5.91 Å². The van der Waals surface area contributed by atoms with Crippen LogP contribution in [0.3, 0.4) is 0 Å². The number of hydrogen-bond acceptors (Lipinski definition) is 4. The zero-order valence-corrected chi connectivity index (χ0v) is 12.9. The Kier molecular flexibility index (Phi) is 3.88. The normalized spacial score (nSPS) is 24.5. The van der Waals surface area contributed by atoms with Crippen molar-refractivity contribution in [2.24, 2.45) is 5.92 Å². The van der Waals surface area contributed by atoms with Gasteiger partial charge in [-0.15, -0.1) is 0 Å². The number of aromatic nitrogens is 2. The quantitative estimate of drug-likeness (QED) is 0.823. The average molecular weight is 305 g/mol. The highest BCUT2D eigenvalue weighted by Gasteiger charge is 2.31. The molecule has 1 saturated carbocycles. The molecule has 1 amide bonds. The van der Waals surface area contributed by atoms with Crippen LogP contribution in [0.25, 0.3) is 0 Å². The maximum atomic E-state index is 12.5. The molecule has 2 fully saturated rings. The van der Waals surface area contributed by atoms with Crippen LogP contribution in [0.5, 0.6) is 0 Å². The maximum absolute atomic E-state index is 12.5. The van der Waals surface area contributed by atoms with Gasteiger partial charge in [-0.05, 0) is 31.6 Å². The molecular formula is C16H23N3O3. The molecule has 6 nitrogen and oxygen atoms in total. The van der Waals surface area contributed by atoms with Gasteiger partial charge in [-0.3, -0.25) is 4.79 Å². The molecule has 1 aliphatic carbocycles. The second kappa shape index (κ2) is 6.01. The lowest BCUT2D eigenvalue weighted by molar-refractivity contribution is -0.142. The summed E-state index contributed by atoms with van der Waals surface area (Å²) in [5.41, 5.74) is 2.10. The van der Waals surface area contributed by atoms with Crippen molar-refractivity contribution < 1.29 is 14.3 Å². The Morgan fingerprint density at radius 2 is 2.27 bits per heavy atom. The van der Waals surface area contributed by atoms with Crippen molar-refractivity contribution in [1.82, 2.24) is 14.5 Å². The standard InChI is InChI=1S/C16H23N3O3/c20-16(15-2-1-7-22-15)18-5-6-19-11-17-13(14(19)8-18)10-21-9-12-3-4-12/h11-12,15H,1-10H2/t15-/m0/s1. The minimum Gasteiger partial charge on any atom is -0.375 e. The number of carbonyl (C=O) groups excluding carboxylic acids is 1. The molecule has 0 spiro atoms. The van der Waals surface area contributed by atoms with Crippen molar-refractivity contribution in [3.05, 3.63) is 17.7 Å². The highest BCUT2D eigenvalue weighted by molar-refractivity contribution is 5.81. The lowest BCUT2D eigenvalue weighted by atomic mass is 10.2. The molecule has 1 saturated heterocycles. The summed E-state index contributed by atoms with van der Waals surface area (Å²) in [4.78, 5) is 18.9. The summed E-state index contributed by atoms with van der Waals surface area (Å²) < 4.78 is 13.4. The molecule has 0 radical (unpaired) electrons. The van der Waals surface area contributed by atoms with Crippen LogP contribution >= 0.6 is 0 Å². The number of hydrogen-bond donors (Lipinski definition) is 0. The zero-order chi connectivity index (χ0) is 14.9. The van der Waals surface area contributed by atoms with Gasteiger partial charge >= 0.3 is 0 Å². The van der Waals surface area contributed by atoms with Crippen LogP contribution in [0, 0.1) is 5.92 Å². The van der Waals surface area contributed by atoms with Crippen LogP contribution in [0.4, 0.5) is 0 Å². The predicted molar refractivity (Wildman–Crippen MR) is 79.0 cm³/mol. The lowest BCUT2D eigenvalue weighted by Crippen LogP contribution is -2.43. The Bertz CT molecular complexity index is 547. The molecule has 1 aromatic heterocycles. The second-order valence-corrected chi connectivity index (χ2v) is 6.55. The SMILES string of the molecule is O=C([C@@H]1CCCO1)N1CCn2cnc(COCC3CC3)c2C1. The van der Waals surface area contributed by atoms with Gasteiger partial charge in [0, 0.05) is 26.3 Å². The van der Waals surface area contributed by atoms with Crippen LogP contribution in [-0.4, -0.2) is 46.2 Å². The fourth-order valence-electron chi connectivity index (χ4n) is 3.20. The third-order valence-electron chi connectivity index (χ3n) is 4.79. The van der Waals surface area contributed by atoms with Crippen molar-refractivity contribution in [1.29, 1.82) is 0 Å². The van der Waals surface area contributed by atoms with Crippen LogP contribution in [0.15, 0.2) is 6.33 Å². The van der Waals surface area contributed by atoms with E-state index in [0.29, 0.717) is 19.8 Å². The van der Waals surface area contributed by atoms with Crippen LogP contribution in [0.2, 0.25) is 0 Å². The van der Waals surface area contributed by atoms with E-state index < -0.39 is 0 Å². The third-order valence-corrected chi connectivity index (χ3v) is 4.79. The first-order chi connectivity index (χ1) is 10.8. The van der Waals surface area contributed by atoms with Gasteiger partial charge in [0.15, 0.2) is 0 Å². The third kappa shape index (κ3) is 2.90. The Morgan fingerprint density at radius 1 is 1.36 bits per heavy atom. The minimum absolute atomic E-state index is 0.134. The molecule has 6 heteroatoms. The van der Waals surface area contributed by atoms with Gasteiger partial charge in [-0.25, -0.2) is 4.98 Å². The molecule has 2 aliphatic heterocycles. The molecular weight excluding hydrogens is 282 g/mol. The first-order valence-corrected chi connectivity index (χ1v) is 8.32. The molecule has 4 rings (SSSR count). The van der Waals surface area contributed by atoms with Crippen molar-refractivity contribution >= 4 is 5.91 Å². The highest BCUT2D eigenvalue weighted by Crippen LogP contribution is 2.29. The molecule has 1 atom stereocenters. The van der Waals surface area contributed by atoms with E-state index in [1.807, 2.05) is 11.2 Å². The highest BCUT2D eigenvalue weighted by atomic mass is 16.5.